The summed E-state index contributed by atoms with van der Waals surface area (Å²) in [7, 11) is 0. The van der Waals surface area contributed by atoms with Gasteiger partial charge in [0.05, 0.1) is 39.6 Å². The van der Waals surface area contributed by atoms with Gasteiger partial charge < -0.3 is 5.32 Å². The van der Waals surface area contributed by atoms with E-state index in [4.69, 9.17) is 11.6 Å². The zero-order valence-corrected chi connectivity index (χ0v) is 17.0. The van der Waals surface area contributed by atoms with Crippen LogP contribution in [0.2, 0.25) is 5.02 Å². The van der Waals surface area contributed by atoms with E-state index in [1.54, 1.807) is 4.68 Å². The van der Waals surface area contributed by atoms with Crippen LogP contribution in [0.4, 0.5) is 5.69 Å². The summed E-state index contributed by atoms with van der Waals surface area (Å²) in [5, 5.41) is 16.6. The van der Waals surface area contributed by atoms with Crippen molar-refractivity contribution in [3.05, 3.63) is 75.8 Å². The first kappa shape index (κ1) is 19.0. The number of amides is 1. The van der Waals surface area contributed by atoms with Crippen molar-refractivity contribution < 1.29 is 4.79 Å². The summed E-state index contributed by atoms with van der Waals surface area (Å²) in [6.07, 6.45) is 1.48. The number of aromatic nitrogens is 5. The van der Waals surface area contributed by atoms with E-state index < -0.39 is 0 Å². The van der Waals surface area contributed by atoms with Crippen LogP contribution in [0.3, 0.4) is 0 Å². The van der Waals surface area contributed by atoms with Gasteiger partial charge in [0.25, 0.3) is 5.91 Å². The number of anilines is 1. The maximum atomic E-state index is 12.7. The molecule has 1 aromatic carbocycles. The lowest BCUT2D eigenvalue weighted by molar-refractivity contribution is 0.102. The van der Waals surface area contributed by atoms with Crippen molar-refractivity contribution in [1.29, 1.82) is 0 Å². The van der Waals surface area contributed by atoms with E-state index in [0.717, 1.165) is 17.0 Å². The van der Waals surface area contributed by atoms with Gasteiger partial charge in [-0.1, -0.05) is 29.3 Å². The minimum atomic E-state index is -0.315. The molecule has 0 saturated carbocycles. The van der Waals surface area contributed by atoms with Gasteiger partial charge in [0.1, 0.15) is 0 Å². The van der Waals surface area contributed by atoms with Gasteiger partial charge >= 0.3 is 0 Å². The van der Waals surface area contributed by atoms with Gasteiger partial charge in [0.15, 0.2) is 5.65 Å². The molecule has 0 aliphatic heterocycles. The third-order valence-electron chi connectivity index (χ3n) is 4.59. The summed E-state index contributed by atoms with van der Waals surface area (Å²) in [6.45, 7) is 6.13. The summed E-state index contributed by atoms with van der Waals surface area (Å²) in [6, 6.07) is 11.4. The fraction of sp³-hybridized carbons (Fsp3) is 0.190. The predicted octanol–water partition coefficient (Wildman–Crippen LogP) is 4.10. The number of carbonyl (C=O) groups excluding carboxylic acids is 1. The Morgan fingerprint density at radius 1 is 1.07 bits per heavy atom. The molecule has 1 amide bonds. The zero-order valence-electron chi connectivity index (χ0n) is 16.3. The number of pyridine rings is 1. The number of hydrogen-bond acceptors (Lipinski definition) is 5. The summed E-state index contributed by atoms with van der Waals surface area (Å²) in [5.74, 6) is -0.315. The Kier molecular flexibility index (Phi) is 4.98. The molecule has 3 aromatic heterocycles. The Labute approximate surface area is 172 Å². The van der Waals surface area contributed by atoms with Crippen LogP contribution in [0.1, 0.15) is 33.0 Å². The highest BCUT2D eigenvalue weighted by molar-refractivity contribution is 6.39. The number of halogens is 1. The quantitative estimate of drug-likeness (QED) is 0.551. The molecule has 146 valence electrons. The van der Waals surface area contributed by atoms with Gasteiger partial charge in [-0.3, -0.25) is 4.79 Å². The lowest BCUT2D eigenvalue weighted by atomic mass is 10.2. The summed E-state index contributed by atoms with van der Waals surface area (Å²) in [4.78, 5) is 17.2. The van der Waals surface area contributed by atoms with Crippen LogP contribution in [-0.4, -0.2) is 30.9 Å². The number of nitrogens with zero attached hydrogens (tertiary/aromatic N) is 5. The van der Waals surface area contributed by atoms with Crippen molar-refractivity contribution >= 4 is 34.2 Å². The molecule has 0 aliphatic rings. The highest BCUT2D eigenvalue weighted by Gasteiger charge is 2.20. The van der Waals surface area contributed by atoms with Crippen molar-refractivity contribution in [2.45, 2.75) is 27.3 Å². The number of carbonyl (C=O) groups is 1. The monoisotopic (exact) mass is 406 g/mol. The molecule has 7 nitrogen and oxygen atoms in total. The van der Waals surface area contributed by atoms with E-state index in [1.165, 1.54) is 6.20 Å². The smallest absolute Gasteiger partial charge is 0.258 e. The van der Waals surface area contributed by atoms with E-state index in [-0.39, 0.29) is 5.91 Å². The summed E-state index contributed by atoms with van der Waals surface area (Å²) >= 11 is 6.59. The first-order chi connectivity index (χ1) is 13.9. The molecular formula is C21H19ClN6O. The molecule has 4 rings (SSSR count). The highest BCUT2D eigenvalue weighted by atomic mass is 35.5. The van der Waals surface area contributed by atoms with Gasteiger partial charge in [-0.05, 0) is 45.0 Å². The van der Waals surface area contributed by atoms with E-state index in [0.29, 0.717) is 39.5 Å². The van der Waals surface area contributed by atoms with Gasteiger partial charge in [-0.15, -0.1) is 0 Å². The second-order valence-electron chi connectivity index (χ2n) is 6.91. The van der Waals surface area contributed by atoms with Crippen LogP contribution >= 0.6 is 11.6 Å². The number of nitrogens with one attached hydrogen (secondary N) is 1. The first-order valence-corrected chi connectivity index (χ1v) is 9.49. The topological polar surface area (TPSA) is 85.6 Å². The zero-order chi connectivity index (χ0) is 20.5. The van der Waals surface area contributed by atoms with Crippen molar-refractivity contribution in [3.63, 3.8) is 0 Å². The van der Waals surface area contributed by atoms with E-state index in [2.05, 4.69) is 25.6 Å². The van der Waals surface area contributed by atoms with Gasteiger partial charge in [-0.25, -0.2) is 9.67 Å². The van der Waals surface area contributed by atoms with Crippen LogP contribution in [0.5, 0.6) is 0 Å². The number of hydrogen-bond donors (Lipinski definition) is 1. The van der Waals surface area contributed by atoms with Crippen LogP contribution in [0.25, 0.3) is 11.0 Å². The fourth-order valence-corrected chi connectivity index (χ4v) is 3.40. The molecule has 0 atom stereocenters. The maximum absolute atomic E-state index is 12.7. The Morgan fingerprint density at radius 3 is 2.52 bits per heavy atom. The van der Waals surface area contributed by atoms with Crippen molar-refractivity contribution in [2.24, 2.45) is 0 Å². The maximum Gasteiger partial charge on any atom is 0.258 e. The summed E-state index contributed by atoms with van der Waals surface area (Å²) in [5.41, 5.74) is 5.02. The van der Waals surface area contributed by atoms with Crippen LogP contribution < -0.4 is 5.32 Å². The van der Waals surface area contributed by atoms with Gasteiger partial charge in [-0.2, -0.15) is 15.3 Å². The fourth-order valence-electron chi connectivity index (χ4n) is 3.04. The molecule has 0 aliphatic carbocycles. The Bertz CT molecular complexity index is 1200. The lowest BCUT2D eigenvalue weighted by Crippen LogP contribution is -2.13. The standard InChI is InChI=1S/C21H19ClN6O/c1-12-4-7-15(8-5-12)24-21(29)17-10-23-20-18(19(17)22)14(3)27-28(20)11-16-9-6-13(2)25-26-16/h4-10H,11H2,1-3H3,(H,24,29). The number of rotatable bonds is 4. The number of aryl methyl sites for hydroxylation is 3. The second-order valence-corrected chi connectivity index (χ2v) is 7.29. The van der Waals surface area contributed by atoms with Crippen LogP contribution in [0.15, 0.2) is 42.6 Å². The van der Waals surface area contributed by atoms with Crippen LogP contribution in [0, 0.1) is 20.8 Å². The second kappa shape index (κ2) is 7.60. The predicted molar refractivity (Wildman–Crippen MR) is 112 cm³/mol. The lowest BCUT2D eigenvalue weighted by Gasteiger charge is -2.08. The van der Waals surface area contributed by atoms with Gasteiger partial charge in [0, 0.05) is 11.9 Å². The average Bonchev–Trinajstić information content (AvgIpc) is 3.02. The van der Waals surface area contributed by atoms with E-state index in [9.17, 15) is 4.79 Å². The molecular weight excluding hydrogens is 388 g/mol. The van der Waals surface area contributed by atoms with E-state index >= 15 is 0 Å². The molecule has 0 spiro atoms. The minimum absolute atomic E-state index is 0.303. The molecule has 0 fully saturated rings. The normalized spacial score (nSPS) is 11.0. The molecule has 1 N–H and O–H groups in total. The van der Waals surface area contributed by atoms with Gasteiger partial charge in [0.2, 0.25) is 0 Å². The highest BCUT2D eigenvalue weighted by Crippen LogP contribution is 2.29. The minimum Gasteiger partial charge on any atom is -0.322 e. The van der Waals surface area contributed by atoms with Crippen molar-refractivity contribution in [3.8, 4) is 0 Å². The Morgan fingerprint density at radius 2 is 1.83 bits per heavy atom. The molecule has 3 heterocycles. The third kappa shape index (κ3) is 3.82. The molecule has 8 heteroatoms. The van der Waals surface area contributed by atoms with Crippen LogP contribution in [-0.2, 0) is 6.54 Å². The van der Waals surface area contributed by atoms with Crippen molar-refractivity contribution in [1.82, 2.24) is 25.0 Å². The number of fused-ring (bicyclic) bond motifs is 1. The third-order valence-corrected chi connectivity index (χ3v) is 4.98. The average molecular weight is 407 g/mol. The number of benzene rings is 1. The largest absolute Gasteiger partial charge is 0.322 e. The molecule has 0 saturated heterocycles. The Hall–Kier alpha value is -3.32. The molecule has 29 heavy (non-hydrogen) atoms. The molecule has 0 bridgehead atoms. The SMILES string of the molecule is Cc1ccc(NC(=O)c2cnc3c(c(C)nn3Cc3ccc(C)nn3)c2Cl)cc1. The first-order valence-electron chi connectivity index (χ1n) is 9.11. The molecule has 0 radical (unpaired) electrons. The van der Waals surface area contributed by atoms with E-state index in [1.807, 2.05) is 57.2 Å². The molecule has 4 aromatic rings. The molecule has 0 unspecified atom stereocenters. The van der Waals surface area contributed by atoms with Crippen molar-refractivity contribution in [2.75, 3.05) is 5.32 Å². The Balaban J connectivity index is 1.66. The summed E-state index contributed by atoms with van der Waals surface area (Å²) < 4.78 is 1.72.